The number of thioether (sulfide) groups is 1. The van der Waals surface area contributed by atoms with Gasteiger partial charge in [-0.15, -0.1) is 0 Å². The van der Waals surface area contributed by atoms with Crippen LogP contribution in [0.15, 0.2) is 34.7 Å². The van der Waals surface area contributed by atoms with Gasteiger partial charge in [0.15, 0.2) is 0 Å². The van der Waals surface area contributed by atoms with Crippen molar-refractivity contribution in [3.63, 3.8) is 0 Å². The predicted molar refractivity (Wildman–Crippen MR) is 123 cm³/mol. The number of benzene rings is 1. The third kappa shape index (κ3) is 5.71. The smallest absolute Gasteiger partial charge is 0.355 e. The third-order valence-electron chi connectivity index (χ3n) is 6.69. The van der Waals surface area contributed by atoms with E-state index in [1.54, 1.807) is 0 Å². The Kier molecular flexibility index (Phi) is 7.53. The van der Waals surface area contributed by atoms with Crippen LogP contribution in [0.25, 0.3) is 0 Å². The fourth-order valence-corrected chi connectivity index (χ4v) is 5.42. The number of nitrogens with one attached hydrogen (secondary N) is 1. The van der Waals surface area contributed by atoms with Crippen LogP contribution in [-0.4, -0.2) is 58.9 Å². The van der Waals surface area contributed by atoms with Crippen LogP contribution in [0.3, 0.4) is 0 Å². The number of alkyl halides is 3. The normalized spacial score (nSPS) is 19.3. The lowest BCUT2D eigenvalue weighted by molar-refractivity contribution is -0.138. The highest BCUT2D eigenvalue weighted by molar-refractivity contribution is 8.18. The first-order valence-electron chi connectivity index (χ1n) is 11.6. The van der Waals surface area contributed by atoms with Gasteiger partial charge in [-0.3, -0.25) is 24.1 Å². The van der Waals surface area contributed by atoms with Gasteiger partial charge in [0.2, 0.25) is 5.91 Å². The first-order valence-corrected chi connectivity index (χ1v) is 12.4. The largest absolute Gasteiger partial charge is 0.417 e. The molecule has 0 aromatic heterocycles. The fourth-order valence-electron chi connectivity index (χ4n) is 4.44. The SMILES string of the molecule is O=C(CN1C(=O)SC(=C2CCN(C(=O)c3ccccc3C(F)(F)F)CC2)C1=O)NCCC1CCC1. The average Bonchev–Trinajstić information content (AvgIpc) is 3.08. The van der Waals surface area contributed by atoms with E-state index in [0.717, 1.165) is 35.2 Å². The monoisotopic (exact) mass is 509 g/mol. The Bertz CT molecular complexity index is 1060. The Morgan fingerprint density at radius 3 is 2.40 bits per heavy atom. The minimum atomic E-state index is -4.64. The molecule has 1 aromatic rings. The molecule has 4 rings (SSSR count). The number of hydrogen-bond acceptors (Lipinski definition) is 5. The van der Waals surface area contributed by atoms with E-state index in [9.17, 15) is 32.3 Å². The summed E-state index contributed by atoms with van der Waals surface area (Å²) in [7, 11) is 0. The Labute approximate surface area is 205 Å². The van der Waals surface area contributed by atoms with Crippen LogP contribution < -0.4 is 5.32 Å². The van der Waals surface area contributed by atoms with Crippen LogP contribution in [0, 0.1) is 5.92 Å². The maximum atomic E-state index is 13.3. The topological polar surface area (TPSA) is 86.8 Å². The van der Waals surface area contributed by atoms with Gasteiger partial charge >= 0.3 is 6.18 Å². The Morgan fingerprint density at radius 2 is 1.77 bits per heavy atom. The highest BCUT2D eigenvalue weighted by Gasteiger charge is 2.40. The van der Waals surface area contributed by atoms with Gasteiger partial charge in [-0.25, -0.2) is 0 Å². The quantitative estimate of drug-likeness (QED) is 0.581. The maximum absolute atomic E-state index is 13.3. The number of nitrogens with zero attached hydrogens (tertiary/aromatic N) is 2. The maximum Gasteiger partial charge on any atom is 0.417 e. The Morgan fingerprint density at radius 1 is 1.09 bits per heavy atom. The number of carbonyl (C=O) groups is 4. The molecular weight excluding hydrogens is 483 g/mol. The second kappa shape index (κ2) is 10.4. The molecule has 3 fully saturated rings. The zero-order valence-electron chi connectivity index (χ0n) is 19.0. The van der Waals surface area contributed by atoms with Crippen molar-refractivity contribution in [2.24, 2.45) is 5.92 Å². The number of amides is 4. The molecule has 11 heteroatoms. The van der Waals surface area contributed by atoms with E-state index in [1.165, 1.54) is 36.3 Å². The molecule has 1 aliphatic carbocycles. The van der Waals surface area contributed by atoms with Gasteiger partial charge in [-0.1, -0.05) is 31.4 Å². The zero-order valence-corrected chi connectivity index (χ0v) is 19.8. The highest BCUT2D eigenvalue weighted by Crippen LogP contribution is 2.37. The lowest BCUT2D eigenvalue weighted by Gasteiger charge is -2.29. The van der Waals surface area contributed by atoms with Crippen molar-refractivity contribution >= 4 is 34.7 Å². The number of imide groups is 1. The van der Waals surface area contributed by atoms with Crippen molar-refractivity contribution in [1.29, 1.82) is 0 Å². The van der Waals surface area contributed by atoms with E-state index >= 15 is 0 Å². The van der Waals surface area contributed by atoms with Crippen LogP contribution in [0.4, 0.5) is 18.0 Å². The summed E-state index contributed by atoms with van der Waals surface area (Å²) in [4.78, 5) is 52.7. The minimum absolute atomic E-state index is 0.132. The minimum Gasteiger partial charge on any atom is -0.355 e. The number of hydrogen-bond donors (Lipinski definition) is 1. The van der Waals surface area contributed by atoms with Gasteiger partial charge in [-0.2, -0.15) is 13.2 Å². The molecule has 35 heavy (non-hydrogen) atoms. The molecule has 2 heterocycles. The second-order valence-corrected chi connectivity index (χ2v) is 9.92. The van der Waals surface area contributed by atoms with E-state index in [2.05, 4.69) is 5.32 Å². The lowest BCUT2D eigenvalue weighted by Crippen LogP contribution is -2.40. The molecule has 0 atom stereocenters. The molecule has 1 aromatic carbocycles. The highest BCUT2D eigenvalue weighted by atomic mass is 32.2. The van der Waals surface area contributed by atoms with Gasteiger partial charge in [0.1, 0.15) is 6.54 Å². The molecule has 0 radical (unpaired) electrons. The number of rotatable bonds is 6. The van der Waals surface area contributed by atoms with Gasteiger partial charge in [-0.05, 0) is 54.6 Å². The van der Waals surface area contributed by atoms with Crippen molar-refractivity contribution in [3.05, 3.63) is 45.9 Å². The summed E-state index contributed by atoms with van der Waals surface area (Å²) >= 11 is 0.768. The number of piperidine rings is 1. The summed E-state index contributed by atoms with van der Waals surface area (Å²) in [6, 6.07) is 4.65. The third-order valence-corrected chi connectivity index (χ3v) is 7.75. The molecule has 7 nitrogen and oxygen atoms in total. The van der Waals surface area contributed by atoms with Gasteiger partial charge in [0.25, 0.3) is 17.1 Å². The fraction of sp³-hybridized carbons (Fsp3) is 0.500. The van der Waals surface area contributed by atoms with Gasteiger partial charge < -0.3 is 10.2 Å². The first-order chi connectivity index (χ1) is 16.6. The van der Waals surface area contributed by atoms with Crippen LogP contribution in [0.2, 0.25) is 0 Å². The van der Waals surface area contributed by atoms with E-state index in [1.807, 2.05) is 0 Å². The lowest BCUT2D eigenvalue weighted by atomic mass is 9.83. The molecule has 1 saturated carbocycles. The van der Waals surface area contributed by atoms with E-state index in [0.29, 0.717) is 18.0 Å². The molecule has 3 aliphatic rings. The van der Waals surface area contributed by atoms with Gasteiger partial charge in [0.05, 0.1) is 16.0 Å². The van der Waals surface area contributed by atoms with Crippen LogP contribution in [0.1, 0.15) is 54.4 Å². The molecule has 2 saturated heterocycles. The summed E-state index contributed by atoms with van der Waals surface area (Å²) < 4.78 is 39.9. The van der Waals surface area contributed by atoms with Crippen molar-refractivity contribution < 1.29 is 32.3 Å². The first kappa shape index (κ1) is 25.3. The van der Waals surface area contributed by atoms with E-state index in [4.69, 9.17) is 0 Å². The van der Waals surface area contributed by atoms with E-state index < -0.39 is 34.4 Å². The number of carbonyl (C=O) groups excluding carboxylic acids is 4. The summed E-state index contributed by atoms with van der Waals surface area (Å²) in [6.45, 7) is 0.439. The summed E-state index contributed by atoms with van der Waals surface area (Å²) in [5.74, 6) is -1.01. The average molecular weight is 510 g/mol. The van der Waals surface area contributed by atoms with Crippen LogP contribution in [0.5, 0.6) is 0 Å². The molecule has 0 bridgehead atoms. The van der Waals surface area contributed by atoms with Crippen LogP contribution >= 0.6 is 11.8 Å². The number of halogens is 3. The molecule has 4 amide bonds. The van der Waals surface area contributed by atoms with Crippen molar-refractivity contribution in [3.8, 4) is 0 Å². The van der Waals surface area contributed by atoms with Crippen molar-refractivity contribution in [2.45, 2.75) is 44.7 Å². The summed E-state index contributed by atoms with van der Waals surface area (Å²) in [5.41, 5.74) is -0.718. The molecule has 2 aliphatic heterocycles. The molecule has 188 valence electrons. The van der Waals surface area contributed by atoms with Crippen molar-refractivity contribution in [2.75, 3.05) is 26.2 Å². The Balaban J connectivity index is 1.35. The predicted octanol–water partition coefficient (Wildman–Crippen LogP) is 4.20. The molecule has 1 N–H and O–H groups in total. The molecule has 0 spiro atoms. The molecule has 0 unspecified atom stereocenters. The summed E-state index contributed by atoms with van der Waals surface area (Å²) in [5, 5.41) is 2.23. The second-order valence-electron chi connectivity index (χ2n) is 8.96. The Hall–Kier alpha value is -2.82. The molecular formula is C24H26F3N3O4S. The van der Waals surface area contributed by atoms with Crippen LogP contribution in [-0.2, 0) is 15.8 Å². The number of likely N-dealkylation sites (tertiary alicyclic amines) is 1. The van der Waals surface area contributed by atoms with Gasteiger partial charge in [0, 0.05) is 19.6 Å². The zero-order chi connectivity index (χ0) is 25.2. The van der Waals surface area contributed by atoms with Crippen molar-refractivity contribution in [1.82, 2.24) is 15.1 Å². The standard InChI is InChI=1S/C24H26F3N3O4S/c25-24(26,27)18-7-2-1-6-17(18)21(32)29-12-9-16(10-13-29)20-22(33)30(23(34)35-20)14-19(31)28-11-8-15-4-3-5-15/h1-2,6-7,15H,3-5,8-14H2,(H,28,31). The summed E-state index contributed by atoms with van der Waals surface area (Å²) in [6.07, 6.45) is 0.340. The van der Waals surface area contributed by atoms with E-state index in [-0.39, 0.29) is 43.3 Å².